The van der Waals surface area contributed by atoms with Gasteiger partial charge in [-0.05, 0) is 73.8 Å². The van der Waals surface area contributed by atoms with Crippen molar-refractivity contribution in [2.75, 3.05) is 0 Å². The van der Waals surface area contributed by atoms with Crippen molar-refractivity contribution < 1.29 is 0 Å². The SMILES string of the molecule is CC1(C)c2ccccc2C2(c3ccccc3-c3cc(-c4cccc(-c5ncc6ccccc6n5)c4)ccc32)c2ccccc21. The summed E-state index contributed by atoms with van der Waals surface area (Å²) in [5.41, 5.74) is 14.8. The summed E-state index contributed by atoms with van der Waals surface area (Å²) in [5.74, 6) is 0.744. The van der Waals surface area contributed by atoms with Gasteiger partial charge in [-0.2, -0.15) is 0 Å². The average Bonchev–Trinajstić information content (AvgIpc) is 3.38. The van der Waals surface area contributed by atoms with E-state index in [0.29, 0.717) is 0 Å². The van der Waals surface area contributed by atoms with E-state index in [1.807, 2.05) is 24.4 Å². The number of rotatable bonds is 2. The number of hydrogen-bond acceptors (Lipinski definition) is 2. The van der Waals surface area contributed by atoms with Gasteiger partial charge in [-0.25, -0.2) is 9.97 Å². The summed E-state index contributed by atoms with van der Waals surface area (Å²) in [5, 5.41) is 1.05. The van der Waals surface area contributed by atoms with Crippen molar-refractivity contribution in [3.8, 4) is 33.6 Å². The van der Waals surface area contributed by atoms with Crippen LogP contribution in [0.2, 0.25) is 0 Å². The molecule has 2 nitrogen and oxygen atoms in total. The second-order valence-electron chi connectivity index (χ2n) is 12.6. The highest BCUT2D eigenvalue weighted by molar-refractivity contribution is 5.91. The van der Waals surface area contributed by atoms with Gasteiger partial charge in [-0.1, -0.05) is 135 Å². The molecule has 2 aliphatic rings. The number of fused-ring (bicyclic) bond motifs is 10. The largest absolute Gasteiger partial charge is 0.236 e. The Labute approximate surface area is 257 Å². The molecule has 2 heteroatoms. The Hall–Kier alpha value is -5.34. The molecule has 0 aliphatic heterocycles. The molecular weight excluding hydrogens is 532 g/mol. The van der Waals surface area contributed by atoms with E-state index < -0.39 is 0 Å². The van der Waals surface area contributed by atoms with Gasteiger partial charge < -0.3 is 0 Å². The fourth-order valence-corrected chi connectivity index (χ4v) is 7.99. The molecule has 0 bridgehead atoms. The third-order valence-corrected chi connectivity index (χ3v) is 10.00. The van der Waals surface area contributed by atoms with Gasteiger partial charge >= 0.3 is 0 Å². The van der Waals surface area contributed by atoms with Crippen LogP contribution in [0.4, 0.5) is 0 Å². The first-order valence-corrected chi connectivity index (χ1v) is 15.3. The lowest BCUT2D eigenvalue weighted by Crippen LogP contribution is -2.40. The molecule has 0 atom stereocenters. The highest BCUT2D eigenvalue weighted by Crippen LogP contribution is 2.62. The molecule has 0 N–H and O–H groups in total. The molecule has 44 heavy (non-hydrogen) atoms. The van der Waals surface area contributed by atoms with Gasteiger partial charge in [0.05, 0.1) is 10.9 Å². The number of hydrogen-bond donors (Lipinski definition) is 0. The quantitative estimate of drug-likeness (QED) is 0.210. The molecule has 0 radical (unpaired) electrons. The summed E-state index contributed by atoms with van der Waals surface area (Å²) < 4.78 is 0. The Balaban J connectivity index is 1.26. The van der Waals surface area contributed by atoms with Crippen molar-refractivity contribution in [1.29, 1.82) is 0 Å². The first-order chi connectivity index (χ1) is 21.6. The predicted molar refractivity (Wildman–Crippen MR) is 180 cm³/mol. The van der Waals surface area contributed by atoms with Crippen LogP contribution in [0.25, 0.3) is 44.5 Å². The molecule has 0 amide bonds. The smallest absolute Gasteiger partial charge is 0.159 e. The molecular formula is C42H30N2. The summed E-state index contributed by atoms with van der Waals surface area (Å²) in [6, 6.07) is 51.1. The summed E-state index contributed by atoms with van der Waals surface area (Å²) in [4.78, 5) is 9.57. The number of benzene rings is 6. The Morgan fingerprint density at radius 3 is 1.82 bits per heavy atom. The zero-order valence-corrected chi connectivity index (χ0v) is 24.8. The van der Waals surface area contributed by atoms with Crippen LogP contribution in [0.3, 0.4) is 0 Å². The van der Waals surface area contributed by atoms with Gasteiger partial charge in [0, 0.05) is 22.6 Å². The first-order valence-electron chi connectivity index (χ1n) is 15.3. The van der Waals surface area contributed by atoms with Crippen LogP contribution >= 0.6 is 0 Å². The van der Waals surface area contributed by atoms with Crippen LogP contribution in [0.15, 0.2) is 146 Å². The van der Waals surface area contributed by atoms with Gasteiger partial charge in [0.1, 0.15) is 0 Å². The first kappa shape index (κ1) is 25.2. The van der Waals surface area contributed by atoms with E-state index in [4.69, 9.17) is 9.97 Å². The maximum atomic E-state index is 4.87. The Bertz CT molecular complexity index is 2230. The van der Waals surface area contributed by atoms with Gasteiger partial charge in [0.25, 0.3) is 0 Å². The molecule has 1 spiro atoms. The van der Waals surface area contributed by atoms with Crippen molar-refractivity contribution in [3.63, 3.8) is 0 Å². The van der Waals surface area contributed by atoms with E-state index in [0.717, 1.165) is 27.9 Å². The Kier molecular flexibility index (Phi) is 5.20. The average molecular weight is 563 g/mol. The minimum absolute atomic E-state index is 0.0959. The van der Waals surface area contributed by atoms with E-state index in [-0.39, 0.29) is 10.8 Å². The van der Waals surface area contributed by atoms with Crippen molar-refractivity contribution in [3.05, 3.63) is 179 Å². The summed E-state index contributed by atoms with van der Waals surface area (Å²) in [6.07, 6.45) is 1.91. The number of nitrogens with zero attached hydrogens (tertiary/aromatic N) is 2. The van der Waals surface area contributed by atoms with E-state index in [9.17, 15) is 0 Å². The van der Waals surface area contributed by atoms with Crippen LogP contribution in [0.1, 0.15) is 47.2 Å². The summed E-state index contributed by atoms with van der Waals surface area (Å²) in [7, 11) is 0. The second kappa shape index (κ2) is 9.08. The van der Waals surface area contributed by atoms with Crippen molar-refractivity contribution >= 4 is 10.9 Å². The number of aromatic nitrogens is 2. The molecule has 9 rings (SSSR count). The Morgan fingerprint density at radius 2 is 1.05 bits per heavy atom. The lowest BCUT2D eigenvalue weighted by atomic mass is 9.55. The van der Waals surface area contributed by atoms with Crippen molar-refractivity contribution in [2.45, 2.75) is 24.7 Å². The molecule has 0 saturated heterocycles. The monoisotopic (exact) mass is 562 g/mol. The third kappa shape index (κ3) is 3.31. The van der Waals surface area contributed by atoms with Crippen LogP contribution < -0.4 is 0 Å². The molecule has 0 unspecified atom stereocenters. The van der Waals surface area contributed by atoms with Crippen molar-refractivity contribution in [2.24, 2.45) is 0 Å². The Morgan fingerprint density at radius 1 is 0.455 bits per heavy atom. The van der Waals surface area contributed by atoms with E-state index >= 15 is 0 Å². The fourth-order valence-electron chi connectivity index (χ4n) is 7.99. The van der Waals surface area contributed by atoms with E-state index in [1.165, 1.54) is 50.1 Å². The molecule has 0 fully saturated rings. The standard InChI is InChI=1S/C42H30N2/c1-41(2)35-17-6-8-19-37(35)42(38-20-9-7-18-36(38)41)33-16-5-4-15-31(33)32-25-28(22-23-34(32)42)27-13-11-14-29(24-27)40-43-26-30-12-3-10-21-39(30)44-40/h3-26H,1-2H3. The van der Waals surface area contributed by atoms with Gasteiger partial charge in [0.15, 0.2) is 5.82 Å². The molecule has 208 valence electrons. The molecule has 7 aromatic rings. The van der Waals surface area contributed by atoms with Gasteiger partial charge in [-0.15, -0.1) is 0 Å². The topological polar surface area (TPSA) is 25.8 Å². The number of para-hydroxylation sites is 1. The molecule has 1 aromatic heterocycles. The zero-order chi connectivity index (χ0) is 29.5. The highest BCUT2D eigenvalue weighted by atomic mass is 14.9. The van der Waals surface area contributed by atoms with E-state index in [2.05, 4.69) is 135 Å². The van der Waals surface area contributed by atoms with Crippen molar-refractivity contribution in [1.82, 2.24) is 9.97 Å². The van der Waals surface area contributed by atoms with E-state index in [1.54, 1.807) is 0 Å². The summed E-state index contributed by atoms with van der Waals surface area (Å²) in [6.45, 7) is 4.74. The molecule has 0 saturated carbocycles. The van der Waals surface area contributed by atoms with Gasteiger partial charge in [0.2, 0.25) is 0 Å². The normalized spacial score (nSPS) is 15.0. The maximum absolute atomic E-state index is 4.87. The molecule has 6 aromatic carbocycles. The lowest BCUT2D eigenvalue weighted by Gasteiger charge is -2.46. The van der Waals surface area contributed by atoms with Crippen LogP contribution in [0.5, 0.6) is 0 Å². The maximum Gasteiger partial charge on any atom is 0.159 e. The molecule has 1 heterocycles. The van der Waals surface area contributed by atoms with Crippen LogP contribution in [-0.2, 0) is 10.8 Å². The minimum atomic E-state index is -0.367. The predicted octanol–water partition coefficient (Wildman–Crippen LogP) is 9.97. The highest BCUT2D eigenvalue weighted by Gasteiger charge is 2.53. The molecule has 2 aliphatic carbocycles. The zero-order valence-electron chi connectivity index (χ0n) is 24.8. The van der Waals surface area contributed by atoms with Gasteiger partial charge in [-0.3, -0.25) is 0 Å². The second-order valence-corrected chi connectivity index (χ2v) is 12.6. The minimum Gasteiger partial charge on any atom is -0.236 e. The third-order valence-electron chi connectivity index (χ3n) is 10.00. The summed E-state index contributed by atoms with van der Waals surface area (Å²) >= 11 is 0. The lowest BCUT2D eigenvalue weighted by molar-refractivity contribution is 0.563. The van der Waals surface area contributed by atoms with Crippen LogP contribution in [-0.4, -0.2) is 9.97 Å². The van der Waals surface area contributed by atoms with Crippen LogP contribution in [0, 0.1) is 0 Å². The fraction of sp³-hybridized carbons (Fsp3) is 0.0952.